The number of hydrogen-bond acceptors (Lipinski definition) is 2. The molecule has 0 atom stereocenters. The molecule has 1 spiro atoms. The van der Waals surface area contributed by atoms with Crippen LogP contribution in [0.2, 0.25) is 0 Å². The van der Waals surface area contributed by atoms with Crippen LogP contribution in [0.1, 0.15) is 73.2 Å². The Bertz CT molecular complexity index is 1660. The summed E-state index contributed by atoms with van der Waals surface area (Å²) in [5.41, 5.74) is 14.8. The fraction of sp³-hybridized carbons (Fsp3) is 0.282. The van der Waals surface area contributed by atoms with Gasteiger partial charge in [0.25, 0.3) is 0 Å². The van der Waals surface area contributed by atoms with Gasteiger partial charge in [0.1, 0.15) is 0 Å². The Balaban J connectivity index is 1.44. The molecular formula is C39H39NS. The van der Waals surface area contributed by atoms with Crippen LogP contribution < -0.4 is 5.32 Å². The van der Waals surface area contributed by atoms with Crippen molar-refractivity contribution in [2.24, 2.45) is 11.8 Å². The van der Waals surface area contributed by atoms with E-state index >= 15 is 0 Å². The minimum Gasteiger partial charge on any atom is -0.356 e. The second kappa shape index (κ2) is 10.3. The van der Waals surface area contributed by atoms with Crippen LogP contribution in [0.15, 0.2) is 96.4 Å². The number of rotatable bonds is 8. The van der Waals surface area contributed by atoms with Gasteiger partial charge in [-0.2, -0.15) is 0 Å². The highest BCUT2D eigenvalue weighted by Crippen LogP contribution is 2.64. The van der Waals surface area contributed by atoms with Gasteiger partial charge in [0, 0.05) is 16.3 Å². The van der Waals surface area contributed by atoms with Crippen LogP contribution in [0.3, 0.4) is 0 Å². The first kappa shape index (κ1) is 26.3. The van der Waals surface area contributed by atoms with Gasteiger partial charge in [0.2, 0.25) is 0 Å². The van der Waals surface area contributed by atoms with Crippen molar-refractivity contribution in [2.45, 2.75) is 58.8 Å². The summed E-state index contributed by atoms with van der Waals surface area (Å²) in [5.74, 6) is 1.41. The molecule has 0 saturated heterocycles. The molecule has 1 aromatic heterocycles. The highest BCUT2D eigenvalue weighted by atomic mass is 32.1. The molecule has 4 aromatic carbocycles. The molecule has 2 heteroatoms. The third-order valence-corrected chi connectivity index (χ3v) is 10.1. The number of para-hydroxylation sites is 1. The molecule has 2 aliphatic carbocycles. The lowest BCUT2D eigenvalue weighted by molar-refractivity contribution is 0.586. The fourth-order valence-electron chi connectivity index (χ4n) is 6.97. The molecule has 206 valence electrons. The van der Waals surface area contributed by atoms with Crippen molar-refractivity contribution < 1.29 is 0 Å². The highest BCUT2D eigenvalue weighted by Gasteiger charge is 2.52. The third kappa shape index (κ3) is 4.35. The fourth-order valence-corrected chi connectivity index (χ4v) is 8.13. The van der Waals surface area contributed by atoms with Crippen LogP contribution in [0.25, 0.3) is 22.3 Å². The zero-order valence-electron chi connectivity index (χ0n) is 24.6. The van der Waals surface area contributed by atoms with Crippen LogP contribution in [0, 0.1) is 11.8 Å². The molecule has 1 N–H and O–H groups in total. The van der Waals surface area contributed by atoms with E-state index in [1.165, 1.54) is 67.8 Å². The largest absolute Gasteiger partial charge is 0.356 e. The van der Waals surface area contributed by atoms with E-state index in [0.29, 0.717) is 11.8 Å². The Morgan fingerprint density at radius 1 is 0.585 bits per heavy atom. The van der Waals surface area contributed by atoms with Crippen molar-refractivity contribution in [3.63, 3.8) is 0 Å². The van der Waals surface area contributed by atoms with E-state index < -0.39 is 0 Å². The summed E-state index contributed by atoms with van der Waals surface area (Å²) in [6.45, 7) is 9.31. The molecule has 5 aromatic rings. The van der Waals surface area contributed by atoms with Gasteiger partial charge < -0.3 is 5.32 Å². The summed E-state index contributed by atoms with van der Waals surface area (Å²) >= 11 is 1.92. The predicted molar refractivity (Wildman–Crippen MR) is 177 cm³/mol. The normalized spacial score (nSPS) is 13.9. The quantitative estimate of drug-likeness (QED) is 0.197. The lowest BCUT2D eigenvalue weighted by Crippen LogP contribution is -2.25. The van der Waals surface area contributed by atoms with Gasteiger partial charge in [-0.3, -0.25) is 0 Å². The van der Waals surface area contributed by atoms with E-state index in [9.17, 15) is 0 Å². The Labute approximate surface area is 249 Å². The van der Waals surface area contributed by atoms with Crippen molar-refractivity contribution in [1.29, 1.82) is 0 Å². The number of nitrogens with one attached hydrogen (secondary N) is 1. The molecule has 0 amide bonds. The number of benzene rings is 4. The minimum absolute atomic E-state index is 0.273. The summed E-state index contributed by atoms with van der Waals surface area (Å²) in [4.78, 5) is 1.47. The lowest BCUT2D eigenvalue weighted by atomic mass is 9.73. The molecule has 2 aliphatic rings. The monoisotopic (exact) mass is 553 g/mol. The van der Waals surface area contributed by atoms with Crippen molar-refractivity contribution in [3.05, 3.63) is 129 Å². The molecule has 0 bridgehead atoms. The molecule has 1 heterocycles. The maximum absolute atomic E-state index is 3.68. The molecule has 41 heavy (non-hydrogen) atoms. The van der Waals surface area contributed by atoms with Crippen LogP contribution >= 0.6 is 11.3 Å². The molecule has 0 saturated carbocycles. The van der Waals surface area contributed by atoms with Crippen molar-refractivity contribution in [1.82, 2.24) is 0 Å². The highest BCUT2D eigenvalue weighted by molar-refractivity contribution is 7.11. The minimum atomic E-state index is -0.273. The van der Waals surface area contributed by atoms with Crippen LogP contribution in [-0.2, 0) is 18.3 Å². The number of aryl methyl sites for hydroxylation is 2. The van der Waals surface area contributed by atoms with Crippen LogP contribution in [0.4, 0.5) is 11.4 Å². The maximum Gasteiger partial charge on any atom is 0.0819 e. The summed E-state index contributed by atoms with van der Waals surface area (Å²) in [6, 6.07) is 34.7. The third-order valence-electron chi connectivity index (χ3n) is 9.07. The Morgan fingerprint density at radius 2 is 1.22 bits per heavy atom. The SMILES string of the molecule is CC(C)CCc1ccc2c(c1)-c1cc(CCC(C)C)ccc1C21c2cc(Nc3ccccc3)ccc2-c2ccsc21. The van der Waals surface area contributed by atoms with Gasteiger partial charge in [0.05, 0.1) is 5.41 Å². The van der Waals surface area contributed by atoms with Gasteiger partial charge in [-0.15, -0.1) is 11.3 Å². The van der Waals surface area contributed by atoms with Crippen molar-refractivity contribution in [2.75, 3.05) is 5.32 Å². The summed E-state index contributed by atoms with van der Waals surface area (Å²) < 4.78 is 0. The second-order valence-corrected chi connectivity index (χ2v) is 13.7. The summed E-state index contributed by atoms with van der Waals surface area (Å²) in [5, 5.41) is 5.97. The lowest BCUT2D eigenvalue weighted by Gasteiger charge is -2.30. The number of thiophene rings is 1. The van der Waals surface area contributed by atoms with E-state index in [1.54, 1.807) is 0 Å². The molecule has 1 nitrogen and oxygen atoms in total. The van der Waals surface area contributed by atoms with Gasteiger partial charge in [-0.25, -0.2) is 0 Å². The first-order chi connectivity index (χ1) is 19.9. The predicted octanol–water partition coefficient (Wildman–Crippen LogP) is 11.0. The van der Waals surface area contributed by atoms with Gasteiger partial charge >= 0.3 is 0 Å². The van der Waals surface area contributed by atoms with E-state index in [-0.39, 0.29) is 5.41 Å². The summed E-state index contributed by atoms with van der Waals surface area (Å²) in [6.07, 6.45) is 4.70. The first-order valence-electron chi connectivity index (χ1n) is 15.3. The molecule has 7 rings (SSSR count). The average Bonchev–Trinajstić information content (AvgIpc) is 3.64. The topological polar surface area (TPSA) is 12.0 Å². The van der Waals surface area contributed by atoms with Crippen LogP contribution in [0.5, 0.6) is 0 Å². The maximum atomic E-state index is 3.68. The Hall–Kier alpha value is -3.62. The molecular weight excluding hydrogens is 515 g/mol. The van der Waals surface area contributed by atoms with E-state index in [0.717, 1.165) is 24.2 Å². The molecule has 0 unspecified atom stereocenters. The Morgan fingerprint density at radius 3 is 1.83 bits per heavy atom. The van der Waals surface area contributed by atoms with E-state index in [4.69, 9.17) is 0 Å². The second-order valence-electron chi connectivity index (χ2n) is 12.8. The summed E-state index contributed by atoms with van der Waals surface area (Å²) in [7, 11) is 0. The number of fused-ring (bicyclic) bond motifs is 10. The van der Waals surface area contributed by atoms with Crippen molar-refractivity contribution in [3.8, 4) is 22.3 Å². The Kier molecular flexibility index (Phi) is 6.63. The number of hydrogen-bond donors (Lipinski definition) is 1. The van der Waals surface area contributed by atoms with Gasteiger partial charge in [0.15, 0.2) is 0 Å². The first-order valence-corrected chi connectivity index (χ1v) is 16.1. The molecule has 0 aliphatic heterocycles. The molecule has 0 radical (unpaired) electrons. The van der Waals surface area contributed by atoms with Crippen LogP contribution in [-0.4, -0.2) is 0 Å². The average molecular weight is 554 g/mol. The number of anilines is 2. The standard InChI is InChI=1S/C39H39NS/c1-25(2)10-12-27-14-18-35-33(22-27)34-23-28(13-11-26(3)4)15-19-36(34)39(35)37-24-30(40-29-8-6-5-7-9-29)16-17-31(37)32-20-21-41-38(32)39/h5-9,14-26,40H,10-13H2,1-4H3. The van der Waals surface area contributed by atoms with E-state index in [1.807, 2.05) is 11.3 Å². The molecule has 0 fully saturated rings. The van der Waals surface area contributed by atoms with Gasteiger partial charge in [-0.05, 0) is 123 Å². The zero-order valence-corrected chi connectivity index (χ0v) is 25.4. The van der Waals surface area contributed by atoms with E-state index in [2.05, 4.69) is 129 Å². The van der Waals surface area contributed by atoms with Gasteiger partial charge in [-0.1, -0.05) is 88.4 Å². The van der Waals surface area contributed by atoms with Crippen molar-refractivity contribution >= 4 is 22.7 Å². The smallest absolute Gasteiger partial charge is 0.0819 e. The zero-order chi connectivity index (χ0) is 28.1.